The lowest BCUT2D eigenvalue weighted by molar-refractivity contribution is -0.120. The van der Waals surface area contributed by atoms with Gasteiger partial charge in [-0.2, -0.15) is 0 Å². The highest BCUT2D eigenvalue weighted by molar-refractivity contribution is 5.96. The minimum Gasteiger partial charge on any atom is -0.389 e. The maximum Gasteiger partial charge on any atom is 0.227 e. The third kappa shape index (κ3) is 3.85. The third-order valence-corrected chi connectivity index (χ3v) is 4.52. The third-order valence-electron chi connectivity index (χ3n) is 4.52. The fourth-order valence-corrected chi connectivity index (χ4v) is 3.26. The largest absolute Gasteiger partial charge is 0.389 e. The number of para-hydroxylation sites is 1. The van der Waals surface area contributed by atoms with Crippen molar-refractivity contribution in [2.45, 2.75) is 37.7 Å². The molecule has 1 saturated carbocycles. The van der Waals surface area contributed by atoms with Crippen molar-refractivity contribution in [1.29, 1.82) is 0 Å². The fraction of sp³-hybridized carbons (Fsp3) is 0.316. The van der Waals surface area contributed by atoms with Crippen molar-refractivity contribution in [2.75, 3.05) is 5.32 Å². The maximum atomic E-state index is 13.5. The molecule has 0 aromatic heterocycles. The number of nitrogens with one attached hydrogen (secondary N) is 1. The van der Waals surface area contributed by atoms with Gasteiger partial charge in [0.2, 0.25) is 5.91 Å². The monoisotopic (exact) mass is 349 g/mol. The molecule has 0 radical (unpaired) electrons. The number of rotatable bonds is 4. The highest BCUT2D eigenvalue weighted by Crippen LogP contribution is 2.34. The van der Waals surface area contributed by atoms with Crippen LogP contribution in [0.25, 0.3) is 11.1 Å². The maximum absolute atomic E-state index is 13.5. The molecule has 0 aliphatic heterocycles. The molecule has 2 N–H and O–H groups in total. The van der Waals surface area contributed by atoms with E-state index in [4.69, 9.17) is 0 Å². The first kappa shape index (κ1) is 17.5. The zero-order chi connectivity index (χ0) is 18.0. The van der Waals surface area contributed by atoms with E-state index in [1.54, 1.807) is 24.3 Å². The fourth-order valence-electron chi connectivity index (χ4n) is 3.26. The molecule has 1 aliphatic carbocycles. The second-order valence-electron chi connectivity index (χ2n) is 6.46. The number of amides is 1. The Balaban J connectivity index is 1.85. The number of halogens is 3. The van der Waals surface area contributed by atoms with E-state index in [0.29, 0.717) is 24.1 Å². The molecule has 6 heteroatoms. The Morgan fingerprint density at radius 3 is 2.32 bits per heavy atom. The van der Waals surface area contributed by atoms with Crippen LogP contribution in [0.4, 0.5) is 18.9 Å². The molecule has 0 atom stereocenters. The van der Waals surface area contributed by atoms with Crippen LogP contribution in [0, 0.1) is 17.5 Å². The number of hydrogen-bond acceptors (Lipinski definition) is 2. The van der Waals surface area contributed by atoms with Gasteiger partial charge in [-0.3, -0.25) is 4.79 Å². The lowest BCUT2D eigenvalue weighted by Crippen LogP contribution is -2.30. The van der Waals surface area contributed by atoms with Gasteiger partial charge in [0.05, 0.1) is 12.0 Å². The van der Waals surface area contributed by atoms with Gasteiger partial charge in [-0.25, -0.2) is 13.2 Å². The van der Waals surface area contributed by atoms with Crippen molar-refractivity contribution in [1.82, 2.24) is 0 Å². The summed E-state index contributed by atoms with van der Waals surface area (Å²) < 4.78 is 40.2. The Labute approximate surface area is 143 Å². The van der Waals surface area contributed by atoms with Crippen LogP contribution in [0.1, 0.15) is 32.1 Å². The van der Waals surface area contributed by atoms with Crippen molar-refractivity contribution >= 4 is 11.6 Å². The summed E-state index contributed by atoms with van der Waals surface area (Å²) in [7, 11) is 0. The molecule has 0 saturated heterocycles. The van der Waals surface area contributed by atoms with Gasteiger partial charge >= 0.3 is 0 Å². The predicted octanol–water partition coefficient (Wildman–Crippen LogP) is 4.40. The molecule has 1 amide bonds. The van der Waals surface area contributed by atoms with Crippen molar-refractivity contribution in [2.24, 2.45) is 0 Å². The summed E-state index contributed by atoms with van der Waals surface area (Å²) in [4.78, 5) is 12.3. The summed E-state index contributed by atoms with van der Waals surface area (Å²) in [5.74, 6) is -4.50. The summed E-state index contributed by atoms with van der Waals surface area (Å²) in [6.07, 6.45) is 2.89. The number of carbonyl (C=O) groups is 1. The highest BCUT2D eigenvalue weighted by atomic mass is 19.2. The molecule has 0 unspecified atom stereocenters. The summed E-state index contributed by atoms with van der Waals surface area (Å²) in [5.41, 5.74) is -0.161. The van der Waals surface area contributed by atoms with Gasteiger partial charge in [0.15, 0.2) is 17.5 Å². The normalized spacial score (nSPS) is 16.0. The molecule has 1 fully saturated rings. The van der Waals surface area contributed by atoms with Crippen molar-refractivity contribution in [3.63, 3.8) is 0 Å². The van der Waals surface area contributed by atoms with E-state index in [1.807, 2.05) is 0 Å². The molecule has 0 spiro atoms. The Hall–Kier alpha value is -2.34. The number of benzene rings is 2. The van der Waals surface area contributed by atoms with E-state index in [9.17, 15) is 23.1 Å². The first-order valence-electron chi connectivity index (χ1n) is 8.14. The Bertz CT molecular complexity index is 778. The van der Waals surface area contributed by atoms with Crippen molar-refractivity contribution in [3.8, 4) is 11.1 Å². The van der Waals surface area contributed by atoms with Crippen molar-refractivity contribution in [3.05, 3.63) is 53.8 Å². The van der Waals surface area contributed by atoms with Crippen LogP contribution in [0.2, 0.25) is 0 Å². The number of carbonyl (C=O) groups excluding carboxylic acids is 1. The topological polar surface area (TPSA) is 49.3 Å². The van der Waals surface area contributed by atoms with Gasteiger partial charge in [0.25, 0.3) is 0 Å². The molecule has 132 valence electrons. The SMILES string of the molecule is O=C(CC1(O)CCCC1)Nc1ccccc1-c1cc(F)c(F)c(F)c1. The summed E-state index contributed by atoms with van der Waals surface area (Å²) in [6.45, 7) is 0. The minimum atomic E-state index is -1.53. The Morgan fingerprint density at radius 2 is 1.68 bits per heavy atom. The quantitative estimate of drug-likeness (QED) is 0.804. The predicted molar refractivity (Wildman–Crippen MR) is 88.4 cm³/mol. The van der Waals surface area contributed by atoms with Crippen LogP contribution >= 0.6 is 0 Å². The molecule has 3 nitrogen and oxygen atoms in total. The molecule has 0 bridgehead atoms. The zero-order valence-electron chi connectivity index (χ0n) is 13.5. The summed E-state index contributed by atoms with van der Waals surface area (Å²) in [5, 5.41) is 13.0. The lowest BCUT2D eigenvalue weighted by atomic mass is 9.97. The molecule has 2 aromatic rings. The smallest absolute Gasteiger partial charge is 0.227 e. The van der Waals surface area contributed by atoms with Gasteiger partial charge in [-0.15, -0.1) is 0 Å². The first-order valence-corrected chi connectivity index (χ1v) is 8.14. The average molecular weight is 349 g/mol. The van der Waals surface area contributed by atoms with E-state index in [2.05, 4.69) is 5.32 Å². The molecular weight excluding hydrogens is 331 g/mol. The summed E-state index contributed by atoms with van der Waals surface area (Å²) >= 11 is 0. The number of anilines is 1. The van der Waals surface area contributed by atoms with Crippen molar-refractivity contribution < 1.29 is 23.1 Å². The Kier molecular flexibility index (Phi) is 4.81. The van der Waals surface area contributed by atoms with Gasteiger partial charge < -0.3 is 10.4 Å². The zero-order valence-corrected chi connectivity index (χ0v) is 13.5. The van der Waals surface area contributed by atoms with Crippen LogP contribution in [0.15, 0.2) is 36.4 Å². The molecule has 2 aromatic carbocycles. The van der Waals surface area contributed by atoms with E-state index < -0.39 is 23.1 Å². The van der Waals surface area contributed by atoms with E-state index in [0.717, 1.165) is 25.0 Å². The number of hydrogen-bond donors (Lipinski definition) is 2. The molecule has 3 rings (SSSR count). The van der Waals surface area contributed by atoms with Crippen LogP contribution in [-0.4, -0.2) is 16.6 Å². The van der Waals surface area contributed by atoms with Crippen LogP contribution in [0.3, 0.4) is 0 Å². The first-order chi connectivity index (χ1) is 11.9. The summed E-state index contributed by atoms with van der Waals surface area (Å²) in [6, 6.07) is 8.24. The second-order valence-corrected chi connectivity index (χ2v) is 6.46. The van der Waals surface area contributed by atoms with Gasteiger partial charge in [-0.1, -0.05) is 31.0 Å². The Morgan fingerprint density at radius 1 is 1.08 bits per heavy atom. The van der Waals surface area contributed by atoms with Crippen LogP contribution < -0.4 is 5.32 Å². The minimum absolute atomic E-state index is 0.0343. The van der Waals surface area contributed by atoms with E-state index in [1.165, 1.54) is 0 Å². The molecular formula is C19H18F3NO2. The van der Waals surface area contributed by atoms with Gasteiger partial charge in [0, 0.05) is 11.3 Å². The average Bonchev–Trinajstić information content (AvgIpc) is 2.98. The number of aliphatic hydroxyl groups is 1. The van der Waals surface area contributed by atoms with Gasteiger partial charge in [0.1, 0.15) is 0 Å². The standard InChI is InChI=1S/C19H18F3NO2/c20-14-9-12(10-15(21)18(14)22)13-5-1-2-6-16(13)23-17(24)11-19(25)7-3-4-8-19/h1-2,5-6,9-10,25H,3-4,7-8,11H2,(H,23,24). The molecule has 25 heavy (non-hydrogen) atoms. The molecule has 0 heterocycles. The lowest BCUT2D eigenvalue weighted by Gasteiger charge is -2.21. The van der Waals surface area contributed by atoms with Crippen LogP contribution in [-0.2, 0) is 4.79 Å². The van der Waals surface area contributed by atoms with E-state index in [-0.39, 0.29) is 17.9 Å². The highest BCUT2D eigenvalue weighted by Gasteiger charge is 2.33. The van der Waals surface area contributed by atoms with Gasteiger partial charge in [-0.05, 0) is 36.6 Å². The second kappa shape index (κ2) is 6.88. The molecule has 1 aliphatic rings. The van der Waals surface area contributed by atoms with E-state index >= 15 is 0 Å². The van der Waals surface area contributed by atoms with Crippen LogP contribution in [0.5, 0.6) is 0 Å².